The summed E-state index contributed by atoms with van der Waals surface area (Å²) in [5.74, 6) is 2.43. The Balaban J connectivity index is 1.30. The van der Waals surface area contributed by atoms with Crippen LogP contribution in [0.15, 0.2) is 41.8 Å². The van der Waals surface area contributed by atoms with Crippen molar-refractivity contribution in [3.8, 4) is 23.1 Å². The molecule has 5 rings (SSSR count). The molecule has 6 nitrogen and oxygen atoms in total. The van der Waals surface area contributed by atoms with E-state index < -0.39 is 0 Å². The summed E-state index contributed by atoms with van der Waals surface area (Å²) in [7, 11) is 0. The molecule has 2 heterocycles. The molecule has 2 bridgehead atoms. The Morgan fingerprint density at radius 1 is 1.18 bits per heavy atom. The van der Waals surface area contributed by atoms with Gasteiger partial charge in [0.2, 0.25) is 0 Å². The number of anilines is 1. The van der Waals surface area contributed by atoms with Crippen molar-refractivity contribution in [2.45, 2.75) is 53.1 Å². The molecule has 2 aromatic carbocycles. The second kappa shape index (κ2) is 11.6. The highest BCUT2D eigenvalue weighted by molar-refractivity contribution is 7.14. The van der Waals surface area contributed by atoms with Crippen LogP contribution in [-0.2, 0) is 6.61 Å². The van der Waals surface area contributed by atoms with Crippen LogP contribution in [0.3, 0.4) is 0 Å². The predicted molar refractivity (Wildman–Crippen MR) is 153 cm³/mol. The zero-order valence-corrected chi connectivity index (χ0v) is 23.4. The first-order chi connectivity index (χ1) is 18.4. The number of amides is 1. The largest absolute Gasteiger partial charge is 0.488 e. The molecule has 2 fully saturated rings. The van der Waals surface area contributed by atoms with Gasteiger partial charge in [0.1, 0.15) is 12.4 Å². The van der Waals surface area contributed by atoms with Gasteiger partial charge in [-0.3, -0.25) is 4.79 Å². The number of carbonyl (C=O) groups excluding carboxylic acids is 1. The molecule has 1 saturated heterocycles. The number of thiazole rings is 1. The number of carbonyl (C=O) groups is 1. The minimum atomic E-state index is -0.0415. The Morgan fingerprint density at radius 2 is 1.97 bits per heavy atom. The third-order valence-electron chi connectivity index (χ3n) is 7.92. The highest BCUT2D eigenvalue weighted by Gasteiger charge is 2.34. The summed E-state index contributed by atoms with van der Waals surface area (Å²) < 4.78 is 6.35. The number of nitrogens with zero attached hydrogens (tertiary/aromatic N) is 4. The average molecular weight is 529 g/mol. The Kier molecular flexibility index (Phi) is 7.99. The minimum absolute atomic E-state index is 0.0415. The van der Waals surface area contributed by atoms with E-state index >= 15 is 0 Å². The summed E-state index contributed by atoms with van der Waals surface area (Å²) >= 11 is 1.73. The number of fused-ring (bicyclic) bond motifs is 2. The molecule has 198 valence electrons. The maximum atomic E-state index is 12.9. The van der Waals surface area contributed by atoms with Crippen molar-refractivity contribution >= 4 is 22.4 Å². The number of hydrogen-bond acceptors (Lipinski definition) is 6. The highest BCUT2D eigenvalue weighted by Crippen LogP contribution is 2.40. The lowest BCUT2D eigenvalue weighted by Gasteiger charge is -2.31. The number of benzene rings is 2. The molecule has 1 aliphatic heterocycles. The SMILES string of the molecule is CCN(CCC#N)C(=O)c1ccc(COc2ccc(C)cc2-c2csc(N3C[C@@H]4CC[C@@H](C4)C3)n2)c(C)c1. The van der Waals surface area contributed by atoms with Gasteiger partial charge in [-0.1, -0.05) is 17.7 Å². The van der Waals surface area contributed by atoms with Crippen molar-refractivity contribution in [3.05, 3.63) is 64.0 Å². The molecule has 2 atom stereocenters. The van der Waals surface area contributed by atoms with Gasteiger partial charge in [-0.15, -0.1) is 11.3 Å². The van der Waals surface area contributed by atoms with E-state index in [0.29, 0.717) is 31.7 Å². The first-order valence-electron chi connectivity index (χ1n) is 13.6. The monoisotopic (exact) mass is 528 g/mol. The van der Waals surface area contributed by atoms with E-state index in [1.54, 1.807) is 16.2 Å². The standard InChI is InChI=1S/C31H36N4O2S/c1-4-34(13-5-12-32)30(36)25-9-10-26(22(3)15-25)19-37-29-11-6-21(2)14-27(29)28-20-38-31(33-28)35-17-23-7-8-24(16-23)18-35/h6,9-11,14-15,20,23-24H,4-5,7-8,13,16-19H2,1-3H3/t23-,24+. The molecule has 1 aromatic heterocycles. The van der Waals surface area contributed by atoms with E-state index in [1.165, 1.54) is 24.8 Å². The maximum absolute atomic E-state index is 12.9. The van der Waals surface area contributed by atoms with Gasteiger partial charge in [0.25, 0.3) is 5.91 Å². The second-order valence-corrected chi connectivity index (χ2v) is 11.5. The van der Waals surface area contributed by atoms with Crippen molar-refractivity contribution in [3.63, 3.8) is 0 Å². The molecule has 3 aromatic rings. The van der Waals surface area contributed by atoms with Crippen LogP contribution in [0.1, 0.15) is 59.7 Å². The fourth-order valence-corrected chi connectivity index (χ4v) is 6.63. The zero-order valence-electron chi connectivity index (χ0n) is 22.6. The van der Waals surface area contributed by atoms with Gasteiger partial charge in [-0.05, 0) is 87.3 Å². The molecule has 1 amide bonds. The lowest BCUT2D eigenvalue weighted by molar-refractivity contribution is 0.0767. The second-order valence-electron chi connectivity index (χ2n) is 10.7. The molecule has 1 aliphatic carbocycles. The van der Waals surface area contributed by atoms with Crippen LogP contribution in [0.4, 0.5) is 5.13 Å². The van der Waals surface area contributed by atoms with E-state index in [9.17, 15) is 4.79 Å². The molecule has 0 spiro atoms. The third kappa shape index (κ3) is 5.71. The van der Waals surface area contributed by atoms with Crippen LogP contribution < -0.4 is 9.64 Å². The van der Waals surface area contributed by atoms with Crippen molar-refractivity contribution in [2.24, 2.45) is 11.8 Å². The fourth-order valence-electron chi connectivity index (χ4n) is 5.78. The van der Waals surface area contributed by atoms with Crippen LogP contribution in [-0.4, -0.2) is 42.0 Å². The number of aromatic nitrogens is 1. The van der Waals surface area contributed by atoms with Gasteiger partial charge in [-0.2, -0.15) is 5.26 Å². The quantitative estimate of drug-likeness (QED) is 0.312. The third-order valence-corrected chi connectivity index (χ3v) is 8.82. The Morgan fingerprint density at radius 3 is 2.68 bits per heavy atom. The lowest BCUT2D eigenvalue weighted by Crippen LogP contribution is -2.36. The van der Waals surface area contributed by atoms with Crippen molar-refractivity contribution in [1.29, 1.82) is 5.26 Å². The number of aryl methyl sites for hydroxylation is 2. The summed E-state index contributed by atoms with van der Waals surface area (Å²) in [6, 6.07) is 14.1. The Hall–Kier alpha value is -3.37. The summed E-state index contributed by atoms with van der Waals surface area (Å²) in [5.41, 5.74) is 5.86. The summed E-state index contributed by atoms with van der Waals surface area (Å²) in [5, 5.41) is 12.2. The zero-order chi connectivity index (χ0) is 26.6. The number of rotatable bonds is 9. The number of piperidine rings is 1. The molecule has 2 aliphatic rings. The van der Waals surface area contributed by atoms with Crippen LogP contribution in [0.2, 0.25) is 0 Å². The Labute approximate surface area is 229 Å². The van der Waals surface area contributed by atoms with Gasteiger partial charge in [0.05, 0.1) is 18.2 Å². The molecule has 1 saturated carbocycles. The Bertz CT molecular complexity index is 1330. The first kappa shape index (κ1) is 26.2. The lowest BCUT2D eigenvalue weighted by atomic mass is 9.99. The molecule has 0 radical (unpaired) electrons. The molecule has 38 heavy (non-hydrogen) atoms. The minimum Gasteiger partial charge on any atom is -0.488 e. The molecular formula is C31H36N4O2S. The predicted octanol–water partition coefficient (Wildman–Crippen LogP) is 6.62. The van der Waals surface area contributed by atoms with Gasteiger partial charge in [-0.25, -0.2) is 4.98 Å². The fraction of sp³-hybridized carbons (Fsp3) is 0.452. The molecule has 0 N–H and O–H groups in total. The van der Waals surface area contributed by atoms with E-state index in [0.717, 1.165) is 58.2 Å². The average Bonchev–Trinajstić information content (AvgIpc) is 3.55. The van der Waals surface area contributed by atoms with Crippen molar-refractivity contribution in [2.75, 3.05) is 31.1 Å². The topological polar surface area (TPSA) is 69.5 Å². The first-order valence-corrected chi connectivity index (χ1v) is 14.5. The van der Waals surface area contributed by atoms with Gasteiger partial charge < -0.3 is 14.5 Å². The summed E-state index contributed by atoms with van der Waals surface area (Å²) in [6.07, 6.45) is 4.45. The van der Waals surface area contributed by atoms with Crippen molar-refractivity contribution in [1.82, 2.24) is 9.88 Å². The highest BCUT2D eigenvalue weighted by atomic mass is 32.1. The summed E-state index contributed by atoms with van der Waals surface area (Å²) in [6.45, 7) is 9.75. The number of nitriles is 1. The maximum Gasteiger partial charge on any atom is 0.253 e. The number of hydrogen-bond donors (Lipinski definition) is 0. The van der Waals surface area contributed by atoms with Crippen molar-refractivity contribution < 1.29 is 9.53 Å². The van der Waals surface area contributed by atoms with E-state index in [4.69, 9.17) is 15.0 Å². The van der Waals surface area contributed by atoms with Crippen LogP contribution in [0.5, 0.6) is 5.75 Å². The van der Waals surface area contributed by atoms with Gasteiger partial charge >= 0.3 is 0 Å². The van der Waals surface area contributed by atoms with Gasteiger partial charge in [0.15, 0.2) is 5.13 Å². The van der Waals surface area contributed by atoms with Gasteiger partial charge in [0, 0.05) is 42.7 Å². The molecular weight excluding hydrogens is 492 g/mol. The normalized spacial score (nSPS) is 18.3. The summed E-state index contributed by atoms with van der Waals surface area (Å²) in [4.78, 5) is 22.1. The molecule has 0 unspecified atom stereocenters. The van der Waals surface area contributed by atoms with E-state index in [-0.39, 0.29) is 5.91 Å². The van der Waals surface area contributed by atoms with Crippen LogP contribution in [0, 0.1) is 37.0 Å². The van der Waals surface area contributed by atoms with Crippen LogP contribution in [0.25, 0.3) is 11.3 Å². The van der Waals surface area contributed by atoms with E-state index in [2.05, 4.69) is 35.4 Å². The smallest absolute Gasteiger partial charge is 0.253 e. The molecule has 7 heteroatoms. The van der Waals surface area contributed by atoms with Crippen LogP contribution >= 0.6 is 11.3 Å². The number of ether oxygens (including phenoxy) is 1. The van der Waals surface area contributed by atoms with E-state index in [1.807, 2.05) is 38.1 Å².